The van der Waals surface area contributed by atoms with Crippen molar-refractivity contribution in [2.45, 2.75) is 13.3 Å². The first-order chi connectivity index (χ1) is 10.5. The lowest BCUT2D eigenvalue weighted by Gasteiger charge is -2.09. The number of pyridine rings is 1. The number of nitrogens with zero attached hydrogens (tertiary/aromatic N) is 1. The van der Waals surface area contributed by atoms with Gasteiger partial charge in [-0.15, -0.1) is 22.7 Å². The highest BCUT2D eigenvalue weighted by Crippen LogP contribution is 2.32. The summed E-state index contributed by atoms with van der Waals surface area (Å²) < 4.78 is 2.49. The van der Waals surface area contributed by atoms with Crippen LogP contribution in [0.5, 0.6) is 0 Å². The third kappa shape index (κ3) is 2.88. The summed E-state index contributed by atoms with van der Waals surface area (Å²) in [6.45, 7) is 1.89. The zero-order valence-corrected chi connectivity index (χ0v) is 13.6. The average molecular weight is 329 g/mol. The maximum Gasteiger partial charge on any atom is 0.245 e. The normalized spacial score (nSPS) is 12.4. The van der Waals surface area contributed by atoms with E-state index in [1.807, 2.05) is 13.0 Å². The second kappa shape index (κ2) is 5.90. The lowest BCUT2D eigenvalue weighted by molar-refractivity contribution is -0.114. The Hall–Kier alpha value is -2.18. The minimum absolute atomic E-state index is 0.397. The molecule has 0 unspecified atom stereocenters. The monoisotopic (exact) mass is 329 g/mol. The minimum atomic E-state index is -0.397. The van der Waals surface area contributed by atoms with E-state index in [1.165, 1.54) is 9.40 Å². The van der Waals surface area contributed by atoms with E-state index in [4.69, 9.17) is 11.5 Å². The minimum Gasteiger partial charge on any atom is -0.384 e. The van der Waals surface area contributed by atoms with E-state index in [0.717, 1.165) is 16.0 Å². The van der Waals surface area contributed by atoms with E-state index in [1.54, 1.807) is 34.9 Å². The number of primary amides is 1. The zero-order valence-electron chi connectivity index (χ0n) is 12.0. The number of fused-ring (bicyclic) bond motifs is 1. The summed E-state index contributed by atoms with van der Waals surface area (Å²) in [5, 5.41) is 2.07. The van der Waals surface area contributed by atoms with Crippen LogP contribution in [-0.2, 0) is 11.2 Å². The van der Waals surface area contributed by atoms with Crippen LogP contribution in [-0.4, -0.2) is 10.9 Å². The lowest BCUT2D eigenvalue weighted by atomic mass is 9.99. The third-order valence-corrected chi connectivity index (χ3v) is 5.60. The Labute approximate surface area is 136 Å². The van der Waals surface area contributed by atoms with Crippen molar-refractivity contribution in [3.05, 3.63) is 51.9 Å². The fourth-order valence-electron chi connectivity index (χ4n) is 2.28. The van der Waals surface area contributed by atoms with Gasteiger partial charge in [0.1, 0.15) is 5.82 Å². The van der Waals surface area contributed by atoms with Crippen LogP contribution < -0.4 is 11.5 Å². The summed E-state index contributed by atoms with van der Waals surface area (Å²) in [5.41, 5.74) is 13.5. The molecule has 3 rings (SSSR count). The van der Waals surface area contributed by atoms with Crippen molar-refractivity contribution in [2.24, 2.45) is 5.73 Å². The van der Waals surface area contributed by atoms with Gasteiger partial charge in [0.25, 0.3) is 0 Å². The summed E-state index contributed by atoms with van der Waals surface area (Å²) >= 11 is 3.40. The molecule has 0 radical (unpaired) electrons. The number of hydrogen-bond acceptors (Lipinski definition) is 5. The Morgan fingerprint density at radius 3 is 2.73 bits per heavy atom. The summed E-state index contributed by atoms with van der Waals surface area (Å²) in [5.74, 6) is 0.0572. The first kappa shape index (κ1) is 14.7. The molecule has 4 nitrogen and oxygen atoms in total. The zero-order chi connectivity index (χ0) is 15.7. The predicted molar refractivity (Wildman–Crippen MR) is 93.8 cm³/mol. The van der Waals surface area contributed by atoms with Crippen molar-refractivity contribution in [1.29, 1.82) is 0 Å². The van der Waals surface area contributed by atoms with Gasteiger partial charge in [0.2, 0.25) is 5.91 Å². The molecule has 6 heteroatoms. The lowest BCUT2D eigenvalue weighted by Crippen LogP contribution is -2.17. The number of carbonyl (C=O) groups is 1. The molecule has 0 saturated carbocycles. The van der Waals surface area contributed by atoms with Gasteiger partial charge >= 0.3 is 0 Å². The molecule has 0 bridgehead atoms. The second-order valence-corrected chi connectivity index (χ2v) is 7.09. The first-order valence-corrected chi connectivity index (χ1v) is 8.41. The molecule has 0 aliphatic carbocycles. The Morgan fingerprint density at radius 2 is 2.09 bits per heavy atom. The highest BCUT2D eigenvalue weighted by atomic mass is 32.1. The van der Waals surface area contributed by atoms with Crippen molar-refractivity contribution in [3.63, 3.8) is 0 Å². The van der Waals surface area contributed by atoms with Crippen LogP contribution in [0.1, 0.15) is 17.4 Å². The second-order valence-electron chi connectivity index (χ2n) is 4.98. The van der Waals surface area contributed by atoms with E-state index < -0.39 is 5.91 Å². The summed E-state index contributed by atoms with van der Waals surface area (Å²) in [6, 6.07) is 7.80. The largest absolute Gasteiger partial charge is 0.384 e. The fraction of sp³-hybridized carbons (Fsp3) is 0.125. The number of thiophene rings is 2. The standard InChI is InChI=1S/C16H15N3OS2/c1-9(10-2-3-15(17)19-8-10)12(16(18)20)6-11-7-14-13(22-11)4-5-21-14/h2-5,7-8H,6H2,1H3,(H2,17,19)(H2,18,20). The van der Waals surface area contributed by atoms with E-state index in [0.29, 0.717) is 17.8 Å². The van der Waals surface area contributed by atoms with E-state index in [2.05, 4.69) is 22.5 Å². The number of amides is 1. The molecule has 0 saturated heterocycles. The molecule has 1 amide bonds. The number of anilines is 1. The molecular formula is C16H15N3OS2. The quantitative estimate of drug-likeness (QED) is 0.719. The first-order valence-electron chi connectivity index (χ1n) is 6.72. The van der Waals surface area contributed by atoms with Gasteiger partial charge < -0.3 is 11.5 Å². The highest BCUT2D eigenvalue weighted by Gasteiger charge is 2.14. The van der Waals surface area contributed by atoms with Gasteiger partial charge in [-0.1, -0.05) is 0 Å². The van der Waals surface area contributed by atoms with E-state index in [-0.39, 0.29) is 0 Å². The number of hydrogen-bond donors (Lipinski definition) is 2. The van der Waals surface area contributed by atoms with Gasteiger partial charge in [-0.2, -0.15) is 0 Å². The van der Waals surface area contributed by atoms with Gasteiger partial charge in [-0.3, -0.25) is 4.79 Å². The third-order valence-electron chi connectivity index (χ3n) is 3.51. The number of aromatic nitrogens is 1. The smallest absolute Gasteiger partial charge is 0.245 e. The van der Waals surface area contributed by atoms with Crippen LogP contribution in [0.4, 0.5) is 5.82 Å². The molecular weight excluding hydrogens is 314 g/mol. The van der Waals surface area contributed by atoms with Crippen molar-refractivity contribution >= 4 is 49.4 Å². The van der Waals surface area contributed by atoms with Gasteiger partial charge in [0.15, 0.2) is 0 Å². The van der Waals surface area contributed by atoms with Gasteiger partial charge in [-0.05, 0) is 47.7 Å². The SMILES string of the molecule is CC(=C(Cc1cc2sccc2s1)C(N)=O)c1ccc(N)nc1. The Morgan fingerprint density at radius 1 is 1.27 bits per heavy atom. The Bertz CT molecular complexity index is 831. The summed E-state index contributed by atoms with van der Waals surface area (Å²) in [4.78, 5) is 17.1. The molecule has 0 aromatic carbocycles. The van der Waals surface area contributed by atoms with Gasteiger partial charge in [0, 0.05) is 32.5 Å². The van der Waals surface area contributed by atoms with Gasteiger partial charge in [0.05, 0.1) is 0 Å². The fourth-order valence-corrected chi connectivity index (χ4v) is 4.43. The summed E-state index contributed by atoms with van der Waals surface area (Å²) in [7, 11) is 0. The van der Waals surface area contributed by atoms with Crippen LogP contribution in [0.15, 0.2) is 41.4 Å². The average Bonchev–Trinajstić information content (AvgIpc) is 3.05. The molecule has 0 atom stereocenters. The molecule has 112 valence electrons. The number of carbonyl (C=O) groups excluding carboxylic acids is 1. The van der Waals surface area contributed by atoms with Crippen LogP contribution in [0, 0.1) is 0 Å². The molecule has 0 spiro atoms. The van der Waals surface area contributed by atoms with Crippen molar-refractivity contribution in [3.8, 4) is 0 Å². The molecule has 3 heterocycles. The Kier molecular flexibility index (Phi) is 3.96. The Balaban J connectivity index is 1.97. The number of nitrogens with two attached hydrogens (primary N) is 2. The maximum absolute atomic E-state index is 11.9. The van der Waals surface area contributed by atoms with Gasteiger partial charge in [-0.25, -0.2) is 4.98 Å². The highest BCUT2D eigenvalue weighted by molar-refractivity contribution is 7.26. The van der Waals surface area contributed by atoms with Crippen LogP contribution >= 0.6 is 22.7 Å². The molecule has 22 heavy (non-hydrogen) atoms. The van der Waals surface area contributed by atoms with Crippen molar-refractivity contribution in [2.75, 3.05) is 5.73 Å². The molecule has 3 aromatic heterocycles. The maximum atomic E-state index is 11.9. The molecule has 4 N–H and O–H groups in total. The topological polar surface area (TPSA) is 82.0 Å². The van der Waals surface area contributed by atoms with Crippen molar-refractivity contribution < 1.29 is 4.79 Å². The number of allylic oxidation sites excluding steroid dienone is 1. The van der Waals surface area contributed by atoms with E-state index in [9.17, 15) is 4.79 Å². The van der Waals surface area contributed by atoms with E-state index >= 15 is 0 Å². The number of rotatable bonds is 4. The predicted octanol–water partition coefficient (Wildman–Crippen LogP) is 3.44. The van der Waals surface area contributed by atoms with Crippen LogP contribution in [0.2, 0.25) is 0 Å². The number of nitrogen functional groups attached to an aromatic ring is 1. The van der Waals surface area contributed by atoms with Crippen LogP contribution in [0.3, 0.4) is 0 Å². The summed E-state index contributed by atoms with van der Waals surface area (Å²) in [6.07, 6.45) is 2.21. The molecule has 0 aliphatic heterocycles. The molecule has 3 aromatic rings. The molecule has 0 aliphatic rings. The molecule has 0 fully saturated rings. The van der Waals surface area contributed by atoms with Crippen molar-refractivity contribution in [1.82, 2.24) is 4.98 Å². The van der Waals surface area contributed by atoms with Crippen LogP contribution in [0.25, 0.3) is 15.0 Å².